The molecule has 0 bridgehead atoms. The molecule has 0 fully saturated rings. The largest absolute Gasteiger partial charge is 0.475 e. The maximum Gasteiger partial charge on any atom is 0.371 e. The zero-order chi connectivity index (χ0) is 14.0. The van der Waals surface area contributed by atoms with Crippen LogP contribution in [0, 0.1) is 6.92 Å². The third-order valence-electron chi connectivity index (χ3n) is 2.47. The number of carboxylic acid groups (broad SMARTS) is 1. The smallest absolute Gasteiger partial charge is 0.371 e. The quantitative estimate of drug-likeness (QED) is 0.881. The summed E-state index contributed by atoms with van der Waals surface area (Å²) in [6, 6.07) is 4.34. The van der Waals surface area contributed by atoms with Crippen LogP contribution in [-0.2, 0) is 6.54 Å². The Balaban J connectivity index is 2.37. The lowest BCUT2D eigenvalue weighted by Gasteiger charge is -2.09. The van der Waals surface area contributed by atoms with E-state index in [1.807, 2.05) is 0 Å². The van der Waals surface area contributed by atoms with Crippen molar-refractivity contribution in [2.45, 2.75) is 13.5 Å². The van der Waals surface area contributed by atoms with Gasteiger partial charge in [-0.1, -0.05) is 0 Å². The summed E-state index contributed by atoms with van der Waals surface area (Å²) in [5, 5.41) is 8.76. The summed E-state index contributed by atoms with van der Waals surface area (Å²) < 4.78 is 11.4. The van der Waals surface area contributed by atoms with Gasteiger partial charge in [0.1, 0.15) is 5.76 Å². The second-order valence-electron chi connectivity index (χ2n) is 3.88. The molecule has 19 heavy (non-hydrogen) atoms. The van der Waals surface area contributed by atoms with E-state index in [9.17, 15) is 9.59 Å². The minimum Gasteiger partial charge on any atom is -0.475 e. The zero-order valence-corrected chi connectivity index (χ0v) is 10.4. The predicted octanol–water partition coefficient (Wildman–Crippen LogP) is 0.900. The molecule has 0 saturated heterocycles. The molecule has 0 aromatic carbocycles. The normalized spacial score (nSPS) is 10.4. The topological polar surface area (TPSA) is 94.6 Å². The molecule has 0 spiro atoms. The van der Waals surface area contributed by atoms with Crippen LogP contribution in [0.5, 0.6) is 6.01 Å². The predicted molar refractivity (Wildman–Crippen MR) is 64.6 cm³/mol. The average Bonchev–Trinajstić information content (AvgIpc) is 2.81. The molecule has 2 aromatic rings. The highest BCUT2D eigenvalue weighted by Crippen LogP contribution is 2.12. The Morgan fingerprint density at radius 1 is 1.53 bits per heavy atom. The van der Waals surface area contributed by atoms with Gasteiger partial charge < -0.3 is 14.3 Å². The molecule has 0 saturated carbocycles. The van der Waals surface area contributed by atoms with E-state index in [2.05, 4.69) is 4.98 Å². The van der Waals surface area contributed by atoms with Crippen LogP contribution < -0.4 is 10.3 Å². The van der Waals surface area contributed by atoms with Gasteiger partial charge in [0.2, 0.25) is 5.76 Å². The number of ether oxygens (including phenoxy) is 1. The monoisotopic (exact) mass is 264 g/mol. The van der Waals surface area contributed by atoms with Gasteiger partial charge >= 0.3 is 5.97 Å². The summed E-state index contributed by atoms with van der Waals surface area (Å²) in [5.74, 6) is -1.00. The number of aryl methyl sites for hydroxylation is 1. The van der Waals surface area contributed by atoms with Crippen molar-refractivity contribution in [3.05, 3.63) is 45.8 Å². The fourth-order valence-electron chi connectivity index (χ4n) is 1.63. The van der Waals surface area contributed by atoms with Crippen molar-refractivity contribution in [1.82, 2.24) is 9.55 Å². The first kappa shape index (κ1) is 12.9. The Hall–Kier alpha value is -2.57. The summed E-state index contributed by atoms with van der Waals surface area (Å²) in [7, 11) is 1.41. The van der Waals surface area contributed by atoms with E-state index >= 15 is 0 Å². The lowest BCUT2D eigenvalue weighted by atomic mass is 10.4. The number of hydrogen-bond acceptors (Lipinski definition) is 5. The van der Waals surface area contributed by atoms with Crippen LogP contribution >= 0.6 is 0 Å². The van der Waals surface area contributed by atoms with E-state index in [1.54, 1.807) is 6.92 Å². The molecular weight excluding hydrogens is 252 g/mol. The second kappa shape index (κ2) is 4.97. The van der Waals surface area contributed by atoms with Crippen LogP contribution in [0.1, 0.15) is 22.0 Å². The summed E-state index contributed by atoms with van der Waals surface area (Å²) in [5.41, 5.74) is 0.251. The van der Waals surface area contributed by atoms with Crippen molar-refractivity contribution in [1.29, 1.82) is 0 Å². The van der Waals surface area contributed by atoms with E-state index in [4.69, 9.17) is 14.3 Å². The van der Waals surface area contributed by atoms with Gasteiger partial charge in [0.15, 0.2) is 0 Å². The molecule has 2 aromatic heterocycles. The van der Waals surface area contributed by atoms with Crippen molar-refractivity contribution in [3.63, 3.8) is 0 Å². The number of aromatic nitrogens is 2. The van der Waals surface area contributed by atoms with Gasteiger partial charge in [-0.05, 0) is 19.1 Å². The van der Waals surface area contributed by atoms with Crippen molar-refractivity contribution in [3.8, 4) is 6.01 Å². The molecule has 2 heterocycles. The van der Waals surface area contributed by atoms with Gasteiger partial charge in [0.25, 0.3) is 11.6 Å². The summed E-state index contributed by atoms with van der Waals surface area (Å²) in [6.07, 6.45) is 0. The Morgan fingerprint density at radius 2 is 2.26 bits per heavy atom. The van der Waals surface area contributed by atoms with Gasteiger partial charge in [-0.25, -0.2) is 9.78 Å². The fourth-order valence-corrected chi connectivity index (χ4v) is 1.63. The van der Waals surface area contributed by atoms with E-state index in [0.29, 0.717) is 11.5 Å². The molecule has 100 valence electrons. The number of aromatic carboxylic acids is 1. The van der Waals surface area contributed by atoms with Gasteiger partial charge in [0.05, 0.1) is 13.7 Å². The SMILES string of the molecule is COc1nc(C)cc(=O)n1Cc1ccc(C(=O)O)o1. The number of carbonyl (C=O) groups is 1. The number of carboxylic acids is 1. The van der Waals surface area contributed by atoms with Crippen LogP contribution in [-0.4, -0.2) is 27.7 Å². The molecular formula is C12H12N2O5. The molecule has 0 radical (unpaired) electrons. The standard InChI is InChI=1S/C12H12N2O5/c1-7-5-10(15)14(12(13-7)18-2)6-8-3-4-9(19-8)11(16)17/h3-5H,6H2,1-2H3,(H,16,17). The van der Waals surface area contributed by atoms with Crippen LogP contribution in [0.15, 0.2) is 27.4 Å². The fraction of sp³-hybridized carbons (Fsp3) is 0.250. The zero-order valence-electron chi connectivity index (χ0n) is 10.4. The third-order valence-corrected chi connectivity index (χ3v) is 2.47. The number of methoxy groups -OCH3 is 1. The van der Waals surface area contributed by atoms with E-state index in [1.165, 1.54) is 29.9 Å². The van der Waals surface area contributed by atoms with Gasteiger partial charge in [-0.3, -0.25) is 9.36 Å². The Bertz CT molecular complexity index is 671. The van der Waals surface area contributed by atoms with Crippen molar-refractivity contribution >= 4 is 5.97 Å². The third kappa shape index (κ3) is 2.65. The Morgan fingerprint density at radius 3 is 2.84 bits per heavy atom. The minimum absolute atomic E-state index is 0.0581. The Kier molecular flexibility index (Phi) is 3.37. The molecule has 0 atom stereocenters. The van der Waals surface area contributed by atoms with Gasteiger partial charge in [-0.2, -0.15) is 0 Å². The first-order chi connectivity index (χ1) is 9.01. The molecule has 1 N–H and O–H groups in total. The minimum atomic E-state index is -1.16. The number of rotatable bonds is 4. The summed E-state index contributed by atoms with van der Waals surface area (Å²) >= 11 is 0. The van der Waals surface area contributed by atoms with Crippen molar-refractivity contribution in [2.24, 2.45) is 0 Å². The first-order valence-corrected chi connectivity index (χ1v) is 5.45. The average molecular weight is 264 g/mol. The molecule has 0 aliphatic carbocycles. The maximum atomic E-state index is 11.8. The summed E-state index contributed by atoms with van der Waals surface area (Å²) in [6.45, 7) is 1.74. The van der Waals surface area contributed by atoms with E-state index < -0.39 is 5.97 Å². The highest BCUT2D eigenvalue weighted by molar-refractivity contribution is 5.84. The lowest BCUT2D eigenvalue weighted by Crippen LogP contribution is -2.23. The molecule has 0 amide bonds. The first-order valence-electron chi connectivity index (χ1n) is 5.45. The summed E-state index contributed by atoms with van der Waals surface area (Å²) in [4.78, 5) is 26.6. The van der Waals surface area contributed by atoms with Gasteiger partial charge in [-0.15, -0.1) is 0 Å². The number of nitrogens with zero attached hydrogens (tertiary/aromatic N) is 2. The van der Waals surface area contributed by atoms with Crippen LogP contribution in [0.25, 0.3) is 0 Å². The van der Waals surface area contributed by atoms with Crippen LogP contribution in [0.2, 0.25) is 0 Å². The lowest BCUT2D eigenvalue weighted by molar-refractivity contribution is 0.0660. The Labute approximate surface area is 108 Å². The molecule has 7 heteroatoms. The van der Waals surface area contributed by atoms with E-state index in [0.717, 1.165) is 0 Å². The van der Waals surface area contributed by atoms with Crippen LogP contribution in [0.3, 0.4) is 0 Å². The second-order valence-corrected chi connectivity index (χ2v) is 3.88. The molecule has 0 aliphatic heterocycles. The van der Waals surface area contributed by atoms with Crippen LogP contribution in [0.4, 0.5) is 0 Å². The highest BCUT2D eigenvalue weighted by atomic mass is 16.5. The van der Waals surface area contributed by atoms with Gasteiger partial charge in [0, 0.05) is 11.8 Å². The van der Waals surface area contributed by atoms with E-state index in [-0.39, 0.29) is 23.9 Å². The number of hydrogen-bond donors (Lipinski definition) is 1. The van der Waals surface area contributed by atoms with Crippen molar-refractivity contribution < 1.29 is 19.1 Å². The molecule has 0 aliphatic rings. The molecule has 2 rings (SSSR count). The molecule has 7 nitrogen and oxygen atoms in total. The van der Waals surface area contributed by atoms with Crippen molar-refractivity contribution in [2.75, 3.05) is 7.11 Å². The number of furan rings is 1. The maximum absolute atomic E-state index is 11.8. The molecule has 0 unspecified atom stereocenters. The highest BCUT2D eigenvalue weighted by Gasteiger charge is 2.13.